The molecule has 0 radical (unpaired) electrons. The fraction of sp³-hybridized carbons (Fsp3) is 0.556. The fourth-order valence-corrected chi connectivity index (χ4v) is 1.91. The Balaban J connectivity index is 2.37. The summed E-state index contributed by atoms with van der Waals surface area (Å²) in [7, 11) is 0. The highest BCUT2D eigenvalue weighted by atomic mass is 16.5. The summed E-state index contributed by atoms with van der Waals surface area (Å²) in [5.74, 6) is 0.538. The highest BCUT2D eigenvalue weighted by Gasteiger charge is 2.06. The molecule has 0 bridgehead atoms. The molecule has 0 aromatic heterocycles. The van der Waals surface area contributed by atoms with Crippen molar-refractivity contribution in [2.24, 2.45) is 0 Å². The van der Waals surface area contributed by atoms with Crippen LogP contribution in [0.25, 0.3) is 0 Å². The van der Waals surface area contributed by atoms with Crippen molar-refractivity contribution < 1.29 is 4.74 Å². The van der Waals surface area contributed by atoms with E-state index in [1.807, 2.05) is 6.92 Å². The molecule has 2 nitrogen and oxygen atoms in total. The van der Waals surface area contributed by atoms with E-state index in [2.05, 4.69) is 56.9 Å². The molecule has 1 N–H and O–H groups in total. The first-order chi connectivity index (χ1) is 9.49. The minimum absolute atomic E-state index is 0.538. The van der Waals surface area contributed by atoms with Gasteiger partial charge in [0.25, 0.3) is 0 Å². The fourth-order valence-electron chi connectivity index (χ4n) is 1.91. The van der Waals surface area contributed by atoms with Crippen LogP contribution >= 0.6 is 0 Å². The zero-order chi connectivity index (χ0) is 15.0. The molecule has 1 aromatic rings. The first kappa shape index (κ1) is 16.9. The molecule has 0 aliphatic carbocycles. The second kappa shape index (κ2) is 8.93. The average Bonchev–Trinajstić information content (AvgIpc) is 2.41. The van der Waals surface area contributed by atoms with Crippen LogP contribution in [0, 0.1) is 0 Å². The third kappa shape index (κ3) is 6.88. The lowest BCUT2D eigenvalue weighted by Crippen LogP contribution is -2.26. The molecule has 0 saturated heterocycles. The van der Waals surface area contributed by atoms with Gasteiger partial charge in [-0.3, -0.25) is 0 Å². The van der Waals surface area contributed by atoms with Gasteiger partial charge in [0.05, 0.1) is 13.2 Å². The molecule has 2 heteroatoms. The van der Waals surface area contributed by atoms with Gasteiger partial charge < -0.3 is 10.1 Å². The molecule has 0 saturated carbocycles. The molecule has 1 unspecified atom stereocenters. The summed E-state index contributed by atoms with van der Waals surface area (Å²) in [6.07, 6.45) is 0.940. The van der Waals surface area contributed by atoms with Crippen LogP contribution < -0.4 is 5.32 Å². The van der Waals surface area contributed by atoms with Gasteiger partial charge >= 0.3 is 0 Å². The Hall–Kier alpha value is -1.12. The Bertz CT molecular complexity index is 394. The summed E-state index contributed by atoms with van der Waals surface area (Å²) in [6.45, 7) is 15.0. The maximum atomic E-state index is 5.64. The van der Waals surface area contributed by atoms with Gasteiger partial charge in [0.2, 0.25) is 0 Å². The summed E-state index contributed by atoms with van der Waals surface area (Å²) in [5.41, 5.74) is 3.79. The van der Waals surface area contributed by atoms with E-state index < -0.39 is 0 Å². The molecule has 112 valence electrons. The maximum Gasteiger partial charge on any atom is 0.0717 e. The van der Waals surface area contributed by atoms with Crippen molar-refractivity contribution in [3.8, 4) is 0 Å². The van der Waals surface area contributed by atoms with Gasteiger partial charge in [-0.25, -0.2) is 0 Å². The van der Waals surface area contributed by atoms with Crippen LogP contribution in [-0.2, 0) is 11.3 Å². The predicted molar refractivity (Wildman–Crippen MR) is 87.1 cm³/mol. The summed E-state index contributed by atoms with van der Waals surface area (Å²) in [4.78, 5) is 0. The van der Waals surface area contributed by atoms with Crippen molar-refractivity contribution in [1.29, 1.82) is 0 Å². The average molecular weight is 275 g/mol. The molecule has 0 spiro atoms. The topological polar surface area (TPSA) is 21.3 Å². The molecule has 0 aliphatic rings. The van der Waals surface area contributed by atoms with Crippen LogP contribution in [0.15, 0.2) is 36.4 Å². The van der Waals surface area contributed by atoms with Crippen molar-refractivity contribution in [1.82, 2.24) is 5.32 Å². The summed E-state index contributed by atoms with van der Waals surface area (Å²) in [6, 6.07) is 9.30. The number of hydrogen-bond acceptors (Lipinski definition) is 2. The van der Waals surface area contributed by atoms with E-state index in [-0.39, 0.29) is 0 Å². The van der Waals surface area contributed by atoms with E-state index in [0.29, 0.717) is 18.6 Å². The lowest BCUT2D eigenvalue weighted by atomic mass is 9.99. The van der Waals surface area contributed by atoms with Gasteiger partial charge in [0, 0.05) is 12.6 Å². The number of benzene rings is 1. The zero-order valence-electron chi connectivity index (χ0n) is 13.4. The summed E-state index contributed by atoms with van der Waals surface area (Å²) >= 11 is 0. The Labute approximate surface area is 124 Å². The van der Waals surface area contributed by atoms with Crippen LogP contribution in [0.5, 0.6) is 0 Å². The molecule has 1 rings (SSSR count). The quantitative estimate of drug-likeness (QED) is 0.537. The van der Waals surface area contributed by atoms with Crippen molar-refractivity contribution in [3.05, 3.63) is 47.5 Å². The molecule has 1 atom stereocenters. The lowest BCUT2D eigenvalue weighted by Gasteiger charge is -2.15. The standard InChI is InChI=1S/C18H29NO/c1-14(2)10-11-20-13-17-6-8-18(9-7-17)16(5)12-19-15(3)4/h6-9,15-16,19H,1,10-13H2,2-5H3. The van der Waals surface area contributed by atoms with Crippen LogP contribution in [0.2, 0.25) is 0 Å². The second-order valence-electron chi connectivity index (χ2n) is 5.97. The molecule has 0 heterocycles. The SMILES string of the molecule is C=C(C)CCOCc1ccc(C(C)CNC(C)C)cc1. The van der Waals surface area contributed by atoms with Crippen LogP contribution in [0.4, 0.5) is 0 Å². The monoisotopic (exact) mass is 275 g/mol. The molecule has 20 heavy (non-hydrogen) atoms. The lowest BCUT2D eigenvalue weighted by molar-refractivity contribution is 0.124. The largest absolute Gasteiger partial charge is 0.376 e. The molecule has 0 fully saturated rings. The second-order valence-corrected chi connectivity index (χ2v) is 5.97. The van der Waals surface area contributed by atoms with E-state index in [1.165, 1.54) is 16.7 Å². The normalized spacial score (nSPS) is 12.7. The van der Waals surface area contributed by atoms with E-state index in [9.17, 15) is 0 Å². The Morgan fingerprint density at radius 2 is 1.85 bits per heavy atom. The van der Waals surface area contributed by atoms with Crippen LogP contribution in [-0.4, -0.2) is 19.2 Å². The van der Waals surface area contributed by atoms with Crippen LogP contribution in [0.1, 0.15) is 51.2 Å². The minimum Gasteiger partial charge on any atom is -0.376 e. The van der Waals surface area contributed by atoms with Crippen molar-refractivity contribution in [2.45, 2.75) is 52.7 Å². The van der Waals surface area contributed by atoms with E-state index in [4.69, 9.17) is 4.74 Å². The van der Waals surface area contributed by atoms with Gasteiger partial charge in [-0.1, -0.05) is 50.6 Å². The molecule has 1 aromatic carbocycles. The summed E-state index contributed by atoms with van der Waals surface area (Å²) in [5, 5.41) is 3.48. The number of nitrogens with one attached hydrogen (secondary N) is 1. The van der Waals surface area contributed by atoms with E-state index in [1.54, 1.807) is 0 Å². The predicted octanol–water partition coefficient (Wildman–Crippen LogP) is 4.27. The number of rotatable bonds is 9. The van der Waals surface area contributed by atoms with E-state index in [0.717, 1.165) is 19.6 Å². The molecular formula is C18H29NO. The van der Waals surface area contributed by atoms with Crippen LogP contribution in [0.3, 0.4) is 0 Å². The number of hydrogen-bond donors (Lipinski definition) is 1. The smallest absolute Gasteiger partial charge is 0.0717 e. The van der Waals surface area contributed by atoms with Gasteiger partial charge in [-0.2, -0.15) is 0 Å². The van der Waals surface area contributed by atoms with Gasteiger partial charge in [0.15, 0.2) is 0 Å². The minimum atomic E-state index is 0.538. The highest BCUT2D eigenvalue weighted by Crippen LogP contribution is 2.16. The molecular weight excluding hydrogens is 246 g/mol. The third-order valence-corrected chi connectivity index (χ3v) is 3.32. The van der Waals surface area contributed by atoms with Gasteiger partial charge in [-0.05, 0) is 30.4 Å². The Kier molecular flexibility index (Phi) is 7.56. The van der Waals surface area contributed by atoms with Gasteiger partial charge in [-0.15, -0.1) is 6.58 Å². The van der Waals surface area contributed by atoms with Gasteiger partial charge in [0.1, 0.15) is 0 Å². The van der Waals surface area contributed by atoms with E-state index >= 15 is 0 Å². The number of ether oxygens (including phenoxy) is 1. The first-order valence-corrected chi connectivity index (χ1v) is 7.53. The van der Waals surface area contributed by atoms with Crippen molar-refractivity contribution in [2.75, 3.05) is 13.2 Å². The third-order valence-electron chi connectivity index (χ3n) is 3.32. The molecule has 0 amide bonds. The highest BCUT2D eigenvalue weighted by molar-refractivity contribution is 5.24. The zero-order valence-corrected chi connectivity index (χ0v) is 13.4. The van der Waals surface area contributed by atoms with Crippen molar-refractivity contribution >= 4 is 0 Å². The van der Waals surface area contributed by atoms with Crippen molar-refractivity contribution in [3.63, 3.8) is 0 Å². The first-order valence-electron chi connectivity index (χ1n) is 7.53. The Morgan fingerprint density at radius 1 is 1.20 bits per heavy atom. The Morgan fingerprint density at radius 3 is 2.40 bits per heavy atom. The summed E-state index contributed by atoms with van der Waals surface area (Å²) < 4.78 is 5.64. The molecule has 0 aliphatic heterocycles. The maximum absolute atomic E-state index is 5.64.